The summed E-state index contributed by atoms with van der Waals surface area (Å²) in [5.74, 6) is 0.579. The Morgan fingerprint density at radius 1 is 1.09 bits per heavy atom. The number of nitrogens with zero attached hydrogens (tertiary/aromatic N) is 3. The smallest absolute Gasteiger partial charge is 0.153 e. The lowest BCUT2D eigenvalue weighted by Gasteiger charge is -2.07. The quantitative estimate of drug-likeness (QED) is 0.591. The largest absolute Gasteiger partial charge is 0.382 e. The molecule has 5 nitrogen and oxygen atoms in total. The lowest BCUT2D eigenvalue weighted by molar-refractivity contribution is 0.553. The van der Waals surface area contributed by atoms with Crippen LogP contribution in [-0.4, -0.2) is 20.0 Å². The second-order valence-corrected chi connectivity index (χ2v) is 5.83. The zero-order valence-corrected chi connectivity index (χ0v) is 12.5. The van der Waals surface area contributed by atoms with E-state index in [9.17, 15) is 0 Å². The molecule has 0 unspecified atom stereocenters. The van der Waals surface area contributed by atoms with Gasteiger partial charge in [-0.05, 0) is 49.2 Å². The summed E-state index contributed by atoms with van der Waals surface area (Å²) in [6.07, 6.45) is 1.84. The molecule has 0 spiro atoms. The standard InChI is InChI=1S/C17H17N5/c1-10(2)22-16-6-4-12(8-14(16)17(18)21-22)11-3-5-15-13(7-11)9-19-20-15/h3-10H,1-2H3,(H2,18,21)(H,19,20). The molecule has 0 saturated carbocycles. The number of fused-ring (bicyclic) bond motifs is 2. The highest BCUT2D eigenvalue weighted by atomic mass is 15.3. The number of anilines is 1. The van der Waals surface area contributed by atoms with Crippen LogP contribution in [-0.2, 0) is 0 Å². The van der Waals surface area contributed by atoms with Gasteiger partial charge >= 0.3 is 0 Å². The van der Waals surface area contributed by atoms with Crippen molar-refractivity contribution < 1.29 is 0 Å². The molecule has 0 aliphatic rings. The number of H-pyrrole nitrogens is 1. The van der Waals surface area contributed by atoms with Gasteiger partial charge in [0.2, 0.25) is 0 Å². The Labute approximate surface area is 127 Å². The molecule has 0 atom stereocenters. The summed E-state index contributed by atoms with van der Waals surface area (Å²) < 4.78 is 1.97. The number of nitrogens with one attached hydrogen (secondary N) is 1. The molecule has 22 heavy (non-hydrogen) atoms. The molecule has 0 bridgehead atoms. The maximum atomic E-state index is 6.09. The third kappa shape index (κ3) is 1.86. The molecule has 4 rings (SSSR count). The van der Waals surface area contributed by atoms with Crippen molar-refractivity contribution >= 4 is 27.6 Å². The maximum Gasteiger partial charge on any atom is 0.153 e. The van der Waals surface area contributed by atoms with Gasteiger partial charge in [0.25, 0.3) is 0 Å². The first kappa shape index (κ1) is 12.9. The van der Waals surface area contributed by atoms with E-state index in [2.05, 4.69) is 59.5 Å². The van der Waals surface area contributed by atoms with Crippen molar-refractivity contribution in [3.05, 3.63) is 42.6 Å². The van der Waals surface area contributed by atoms with Crippen molar-refractivity contribution in [1.29, 1.82) is 0 Å². The molecule has 0 aliphatic carbocycles. The van der Waals surface area contributed by atoms with Crippen molar-refractivity contribution in [2.75, 3.05) is 5.73 Å². The molecule has 4 aromatic rings. The van der Waals surface area contributed by atoms with Gasteiger partial charge in [0.1, 0.15) is 0 Å². The van der Waals surface area contributed by atoms with Crippen molar-refractivity contribution in [3.8, 4) is 11.1 Å². The Bertz CT molecular complexity index is 977. The Morgan fingerprint density at radius 3 is 2.68 bits per heavy atom. The Morgan fingerprint density at radius 2 is 1.86 bits per heavy atom. The molecule has 3 N–H and O–H groups in total. The fraction of sp³-hybridized carbons (Fsp3) is 0.176. The highest BCUT2D eigenvalue weighted by Gasteiger charge is 2.11. The second-order valence-electron chi connectivity index (χ2n) is 5.83. The van der Waals surface area contributed by atoms with Crippen LogP contribution >= 0.6 is 0 Å². The number of hydrogen-bond acceptors (Lipinski definition) is 3. The molecule has 0 aliphatic heterocycles. The molecule has 2 aromatic heterocycles. The topological polar surface area (TPSA) is 72.5 Å². The molecule has 5 heteroatoms. The summed E-state index contributed by atoms with van der Waals surface area (Å²) in [5.41, 5.74) is 10.5. The maximum absolute atomic E-state index is 6.09. The van der Waals surface area contributed by atoms with Crippen molar-refractivity contribution in [2.45, 2.75) is 19.9 Å². The molecule has 0 radical (unpaired) electrons. The lowest BCUT2D eigenvalue weighted by atomic mass is 10.0. The Kier molecular flexibility index (Phi) is 2.69. The highest BCUT2D eigenvalue weighted by molar-refractivity contribution is 5.94. The lowest BCUT2D eigenvalue weighted by Crippen LogP contribution is -2.02. The van der Waals surface area contributed by atoms with Gasteiger partial charge in [0, 0.05) is 16.8 Å². The number of nitrogen functional groups attached to an aromatic ring is 1. The van der Waals surface area contributed by atoms with Crippen LogP contribution in [0.25, 0.3) is 32.9 Å². The summed E-state index contributed by atoms with van der Waals surface area (Å²) in [4.78, 5) is 0. The van der Waals surface area contributed by atoms with Crippen LogP contribution in [0, 0.1) is 0 Å². The van der Waals surface area contributed by atoms with Crippen molar-refractivity contribution in [2.24, 2.45) is 0 Å². The number of hydrogen-bond donors (Lipinski definition) is 2. The van der Waals surface area contributed by atoms with Gasteiger partial charge in [-0.25, -0.2) is 0 Å². The zero-order valence-electron chi connectivity index (χ0n) is 12.5. The van der Waals surface area contributed by atoms with Crippen LogP contribution < -0.4 is 5.73 Å². The summed E-state index contributed by atoms with van der Waals surface area (Å²) in [5, 5.41) is 13.6. The van der Waals surface area contributed by atoms with Gasteiger partial charge in [-0.1, -0.05) is 12.1 Å². The number of rotatable bonds is 2. The molecule has 2 heterocycles. The highest BCUT2D eigenvalue weighted by Crippen LogP contribution is 2.30. The van der Waals surface area contributed by atoms with Crippen molar-refractivity contribution in [1.82, 2.24) is 20.0 Å². The minimum Gasteiger partial charge on any atom is -0.382 e. The molecular weight excluding hydrogens is 274 g/mol. The molecule has 0 fully saturated rings. The fourth-order valence-electron chi connectivity index (χ4n) is 2.86. The van der Waals surface area contributed by atoms with E-state index in [1.807, 2.05) is 16.9 Å². The van der Waals surface area contributed by atoms with E-state index in [-0.39, 0.29) is 6.04 Å². The number of aromatic nitrogens is 4. The van der Waals surface area contributed by atoms with Crippen LogP contribution in [0.5, 0.6) is 0 Å². The average Bonchev–Trinajstić information content (AvgIpc) is 3.11. The first-order valence-electron chi connectivity index (χ1n) is 7.35. The van der Waals surface area contributed by atoms with E-state index in [0.29, 0.717) is 5.82 Å². The zero-order chi connectivity index (χ0) is 15.3. The fourth-order valence-corrected chi connectivity index (χ4v) is 2.86. The van der Waals surface area contributed by atoms with Crippen LogP contribution in [0.1, 0.15) is 19.9 Å². The number of aromatic amines is 1. The minimum absolute atomic E-state index is 0.285. The van der Waals surface area contributed by atoms with Crippen molar-refractivity contribution in [3.63, 3.8) is 0 Å². The predicted octanol–water partition coefficient (Wildman–Crippen LogP) is 3.74. The number of benzene rings is 2. The third-order valence-corrected chi connectivity index (χ3v) is 4.00. The SMILES string of the molecule is CC(C)n1nc(N)c2cc(-c3ccc4[nH]ncc4c3)ccc21. The van der Waals surface area contributed by atoms with Gasteiger partial charge in [-0.3, -0.25) is 9.78 Å². The van der Waals surface area contributed by atoms with E-state index in [1.54, 1.807) is 0 Å². The van der Waals surface area contributed by atoms with E-state index in [0.717, 1.165) is 32.9 Å². The molecule has 0 amide bonds. The minimum atomic E-state index is 0.285. The predicted molar refractivity (Wildman–Crippen MR) is 89.6 cm³/mol. The summed E-state index contributed by atoms with van der Waals surface area (Å²) in [6.45, 7) is 4.21. The van der Waals surface area contributed by atoms with E-state index in [4.69, 9.17) is 5.73 Å². The first-order chi connectivity index (χ1) is 10.6. The third-order valence-electron chi connectivity index (χ3n) is 4.00. The number of nitrogens with two attached hydrogens (primary N) is 1. The molecule has 2 aromatic carbocycles. The molecular formula is C17H17N5. The summed E-state index contributed by atoms with van der Waals surface area (Å²) in [7, 11) is 0. The first-order valence-corrected chi connectivity index (χ1v) is 7.35. The monoisotopic (exact) mass is 291 g/mol. The van der Waals surface area contributed by atoms with E-state index in [1.165, 1.54) is 0 Å². The van der Waals surface area contributed by atoms with Gasteiger partial charge in [0.05, 0.1) is 17.2 Å². The van der Waals surface area contributed by atoms with Gasteiger partial charge < -0.3 is 5.73 Å². The van der Waals surface area contributed by atoms with Gasteiger partial charge in [0.15, 0.2) is 5.82 Å². The Balaban J connectivity index is 1.90. The van der Waals surface area contributed by atoms with E-state index >= 15 is 0 Å². The summed E-state index contributed by atoms with van der Waals surface area (Å²) in [6, 6.07) is 12.9. The summed E-state index contributed by atoms with van der Waals surface area (Å²) >= 11 is 0. The van der Waals surface area contributed by atoms with Crippen LogP contribution in [0.3, 0.4) is 0 Å². The van der Waals surface area contributed by atoms with Crippen LogP contribution in [0.2, 0.25) is 0 Å². The molecule has 0 saturated heterocycles. The van der Waals surface area contributed by atoms with Crippen LogP contribution in [0.15, 0.2) is 42.6 Å². The Hall–Kier alpha value is -2.82. The average molecular weight is 291 g/mol. The normalized spacial score (nSPS) is 11.8. The molecule has 110 valence electrons. The van der Waals surface area contributed by atoms with E-state index < -0.39 is 0 Å². The second kappa shape index (κ2) is 4.59. The van der Waals surface area contributed by atoms with Crippen LogP contribution in [0.4, 0.5) is 5.82 Å². The van der Waals surface area contributed by atoms with Gasteiger partial charge in [-0.15, -0.1) is 0 Å². The van der Waals surface area contributed by atoms with Gasteiger partial charge in [-0.2, -0.15) is 10.2 Å².